The lowest BCUT2D eigenvalue weighted by Crippen LogP contribution is -2.30. The summed E-state index contributed by atoms with van der Waals surface area (Å²) in [4.78, 5) is 37.7. The van der Waals surface area contributed by atoms with E-state index >= 15 is 0 Å². The summed E-state index contributed by atoms with van der Waals surface area (Å²) in [5.41, 5.74) is 1.08. The lowest BCUT2D eigenvalue weighted by Gasteiger charge is -2.13. The lowest BCUT2D eigenvalue weighted by atomic mass is 10.1. The largest absolute Gasteiger partial charge is 0.493 e. The Hall–Kier alpha value is -4.31. The number of amides is 3. The highest BCUT2D eigenvalue weighted by atomic mass is 35.5. The zero-order chi connectivity index (χ0) is 25.8. The molecule has 1 aliphatic rings. The zero-order valence-electron chi connectivity index (χ0n) is 19.2. The number of carbonyl (C=O) groups excluding carboxylic acids is 3. The van der Waals surface area contributed by atoms with Gasteiger partial charge in [-0.25, -0.2) is 14.0 Å². The van der Waals surface area contributed by atoms with E-state index in [0.717, 1.165) is 4.90 Å². The smallest absolute Gasteiger partial charge is 0.373 e. The first kappa shape index (κ1) is 24.8. The summed E-state index contributed by atoms with van der Waals surface area (Å²) in [6.45, 7) is -0.127. The molecule has 1 saturated heterocycles. The van der Waals surface area contributed by atoms with Gasteiger partial charge in [-0.2, -0.15) is 0 Å². The molecule has 36 heavy (non-hydrogen) atoms. The second-order valence-corrected chi connectivity index (χ2v) is 8.00. The zero-order valence-corrected chi connectivity index (χ0v) is 19.9. The van der Waals surface area contributed by atoms with Gasteiger partial charge in [0, 0.05) is 0 Å². The number of benzene rings is 2. The minimum atomic E-state index is -0.673. The van der Waals surface area contributed by atoms with Gasteiger partial charge in [0.1, 0.15) is 23.9 Å². The molecule has 186 valence electrons. The second kappa shape index (κ2) is 10.5. The van der Waals surface area contributed by atoms with Crippen LogP contribution in [-0.2, 0) is 22.7 Å². The van der Waals surface area contributed by atoms with Crippen molar-refractivity contribution in [2.75, 3.05) is 14.2 Å². The summed E-state index contributed by atoms with van der Waals surface area (Å²) < 4.78 is 34.5. The third kappa shape index (κ3) is 5.33. The number of rotatable bonds is 8. The Labute approximate surface area is 210 Å². The van der Waals surface area contributed by atoms with Crippen LogP contribution in [0.1, 0.15) is 27.4 Å². The molecule has 0 aliphatic carbocycles. The molecule has 0 radical (unpaired) electrons. The Morgan fingerprint density at radius 1 is 1.17 bits per heavy atom. The number of nitrogens with zero attached hydrogens (tertiary/aromatic N) is 1. The fourth-order valence-corrected chi connectivity index (χ4v) is 3.73. The summed E-state index contributed by atoms with van der Waals surface area (Å²) in [5.74, 6) is -0.949. The van der Waals surface area contributed by atoms with E-state index in [2.05, 4.69) is 10.1 Å². The van der Waals surface area contributed by atoms with Crippen LogP contribution in [-0.4, -0.2) is 37.0 Å². The van der Waals surface area contributed by atoms with Gasteiger partial charge in [-0.05, 0) is 53.6 Å². The number of furan rings is 1. The third-order valence-electron chi connectivity index (χ3n) is 5.16. The highest BCUT2D eigenvalue weighted by Crippen LogP contribution is 2.37. The number of nitrogens with one attached hydrogen (secondary N) is 1. The van der Waals surface area contributed by atoms with E-state index in [-0.39, 0.29) is 52.7 Å². The number of methoxy groups -OCH3 is 2. The number of urea groups is 1. The molecule has 3 amide bonds. The molecule has 1 aromatic heterocycles. The Bertz CT molecular complexity index is 1370. The van der Waals surface area contributed by atoms with Crippen LogP contribution in [0.25, 0.3) is 6.08 Å². The lowest BCUT2D eigenvalue weighted by molar-refractivity contribution is -0.123. The minimum Gasteiger partial charge on any atom is -0.493 e. The van der Waals surface area contributed by atoms with E-state index < -0.39 is 17.9 Å². The Morgan fingerprint density at radius 2 is 1.97 bits per heavy atom. The number of ether oxygens (including phenoxy) is 3. The molecule has 1 N–H and O–H groups in total. The van der Waals surface area contributed by atoms with E-state index in [0.29, 0.717) is 11.1 Å². The highest BCUT2D eigenvalue weighted by molar-refractivity contribution is 6.32. The number of halogens is 2. The van der Waals surface area contributed by atoms with Crippen LogP contribution in [0, 0.1) is 5.82 Å². The standard InChI is InChI=1S/C25H20ClFN2O7/c1-33-21-11-15(9-18(26)22(21)35-13-14-4-3-5-16(27)8-14)10-19-23(30)29(25(32)28-19)12-17-6-7-20(36-17)24(31)34-2/h3-11H,12-13H2,1-2H3,(H,28,32)/b19-10-. The Kier molecular flexibility index (Phi) is 7.25. The summed E-state index contributed by atoms with van der Waals surface area (Å²) in [6, 6.07) is 11.3. The molecule has 4 rings (SSSR count). The molecule has 0 atom stereocenters. The third-order valence-corrected chi connectivity index (χ3v) is 5.44. The number of esters is 1. The van der Waals surface area contributed by atoms with Crippen LogP contribution >= 0.6 is 11.6 Å². The van der Waals surface area contributed by atoms with E-state index in [9.17, 15) is 18.8 Å². The quantitative estimate of drug-likeness (QED) is 0.267. The van der Waals surface area contributed by atoms with Crippen molar-refractivity contribution in [3.63, 3.8) is 0 Å². The summed E-state index contributed by atoms with van der Waals surface area (Å²) in [5, 5.41) is 2.69. The van der Waals surface area contributed by atoms with Gasteiger partial charge in [0.15, 0.2) is 11.5 Å². The van der Waals surface area contributed by atoms with Crippen LogP contribution in [0.15, 0.2) is 58.6 Å². The summed E-state index contributed by atoms with van der Waals surface area (Å²) in [7, 11) is 2.64. The van der Waals surface area contributed by atoms with Crippen molar-refractivity contribution in [2.45, 2.75) is 13.2 Å². The first-order valence-electron chi connectivity index (χ1n) is 10.6. The van der Waals surface area contributed by atoms with Crippen molar-refractivity contribution in [3.8, 4) is 11.5 Å². The topological polar surface area (TPSA) is 107 Å². The number of carbonyl (C=O) groups is 3. The first-order chi connectivity index (χ1) is 17.3. The maximum atomic E-state index is 13.4. The molecule has 11 heteroatoms. The molecule has 0 unspecified atom stereocenters. The van der Waals surface area contributed by atoms with Crippen LogP contribution in [0.2, 0.25) is 5.02 Å². The van der Waals surface area contributed by atoms with Gasteiger partial charge >= 0.3 is 12.0 Å². The fraction of sp³-hybridized carbons (Fsp3) is 0.160. The summed E-state index contributed by atoms with van der Waals surface area (Å²) >= 11 is 6.40. The van der Waals surface area contributed by atoms with E-state index in [1.54, 1.807) is 18.2 Å². The molecule has 3 aromatic rings. The van der Waals surface area contributed by atoms with Crippen molar-refractivity contribution in [1.82, 2.24) is 10.2 Å². The molecule has 1 fully saturated rings. The van der Waals surface area contributed by atoms with Crippen molar-refractivity contribution < 1.29 is 37.4 Å². The van der Waals surface area contributed by atoms with Crippen molar-refractivity contribution in [2.24, 2.45) is 0 Å². The summed E-state index contributed by atoms with van der Waals surface area (Å²) in [6.07, 6.45) is 1.44. The molecule has 0 saturated carbocycles. The highest BCUT2D eigenvalue weighted by Gasteiger charge is 2.34. The molecular weight excluding hydrogens is 495 g/mol. The molecular formula is C25H20ClFN2O7. The van der Waals surface area contributed by atoms with Gasteiger partial charge in [-0.1, -0.05) is 23.7 Å². The van der Waals surface area contributed by atoms with E-state index in [1.165, 1.54) is 50.6 Å². The average molecular weight is 515 g/mol. The van der Waals surface area contributed by atoms with Gasteiger partial charge in [0.05, 0.1) is 25.8 Å². The van der Waals surface area contributed by atoms with Gasteiger partial charge in [-0.15, -0.1) is 0 Å². The Balaban J connectivity index is 1.51. The van der Waals surface area contributed by atoms with Gasteiger partial charge < -0.3 is 23.9 Å². The van der Waals surface area contributed by atoms with E-state index in [4.69, 9.17) is 25.5 Å². The van der Waals surface area contributed by atoms with Gasteiger partial charge in [-0.3, -0.25) is 9.69 Å². The normalized spacial score (nSPS) is 14.2. The Morgan fingerprint density at radius 3 is 2.69 bits per heavy atom. The second-order valence-electron chi connectivity index (χ2n) is 7.59. The molecule has 1 aliphatic heterocycles. The molecule has 9 nitrogen and oxygen atoms in total. The van der Waals surface area contributed by atoms with Crippen LogP contribution in [0.5, 0.6) is 11.5 Å². The number of imide groups is 1. The maximum Gasteiger partial charge on any atom is 0.373 e. The van der Waals surface area contributed by atoms with Gasteiger partial charge in [0.2, 0.25) is 5.76 Å². The van der Waals surface area contributed by atoms with Crippen molar-refractivity contribution in [1.29, 1.82) is 0 Å². The average Bonchev–Trinajstić information content (AvgIpc) is 3.43. The van der Waals surface area contributed by atoms with Crippen LogP contribution in [0.4, 0.5) is 9.18 Å². The van der Waals surface area contributed by atoms with Crippen molar-refractivity contribution in [3.05, 3.63) is 87.7 Å². The molecule has 2 heterocycles. The number of hydrogen-bond donors (Lipinski definition) is 1. The first-order valence-corrected chi connectivity index (χ1v) is 10.9. The monoisotopic (exact) mass is 514 g/mol. The SMILES string of the molecule is COC(=O)c1ccc(CN2C(=O)N/C(=C\c3cc(Cl)c(OCc4cccc(F)c4)c(OC)c3)C2=O)o1. The fourth-order valence-electron chi connectivity index (χ4n) is 3.46. The molecule has 0 spiro atoms. The van der Waals surface area contributed by atoms with Crippen LogP contribution in [0.3, 0.4) is 0 Å². The van der Waals surface area contributed by atoms with Crippen LogP contribution < -0.4 is 14.8 Å². The van der Waals surface area contributed by atoms with Gasteiger partial charge in [0.25, 0.3) is 5.91 Å². The predicted molar refractivity (Wildman–Crippen MR) is 126 cm³/mol. The number of hydrogen-bond acceptors (Lipinski definition) is 7. The van der Waals surface area contributed by atoms with Crippen molar-refractivity contribution >= 4 is 35.6 Å². The minimum absolute atomic E-state index is 0.00583. The molecule has 2 aromatic carbocycles. The predicted octanol–water partition coefficient (Wildman–Crippen LogP) is 4.54. The maximum absolute atomic E-state index is 13.4. The molecule has 0 bridgehead atoms. The van der Waals surface area contributed by atoms with E-state index in [1.807, 2.05) is 0 Å².